The zero-order chi connectivity index (χ0) is 16.1. The molecular formula is C16H21FN2O3. The van der Waals surface area contributed by atoms with E-state index < -0.39 is 11.7 Å². The second-order valence-corrected chi connectivity index (χ2v) is 5.68. The van der Waals surface area contributed by atoms with Crippen LogP contribution in [0.4, 0.5) is 4.39 Å². The number of halogens is 1. The minimum absolute atomic E-state index is 0.0487. The van der Waals surface area contributed by atoms with Gasteiger partial charge in [0.2, 0.25) is 5.91 Å². The van der Waals surface area contributed by atoms with E-state index in [4.69, 9.17) is 0 Å². The van der Waals surface area contributed by atoms with Crippen molar-refractivity contribution in [1.82, 2.24) is 10.6 Å². The number of benzene rings is 1. The number of rotatable bonds is 4. The summed E-state index contributed by atoms with van der Waals surface area (Å²) in [4.78, 5) is 23.5. The Labute approximate surface area is 128 Å². The Kier molecular flexibility index (Phi) is 5.35. The van der Waals surface area contributed by atoms with E-state index in [0.717, 1.165) is 31.7 Å². The number of phenols is 1. The van der Waals surface area contributed by atoms with E-state index in [9.17, 15) is 19.1 Å². The molecule has 0 bridgehead atoms. The number of carbonyl (C=O) groups is 2. The molecule has 0 radical (unpaired) electrons. The van der Waals surface area contributed by atoms with Crippen LogP contribution in [0.15, 0.2) is 18.2 Å². The summed E-state index contributed by atoms with van der Waals surface area (Å²) in [5, 5.41) is 14.9. The van der Waals surface area contributed by atoms with Crippen LogP contribution in [0.5, 0.6) is 5.75 Å². The number of aromatic hydroxyl groups is 1. The smallest absolute Gasteiger partial charge is 0.258 e. The molecule has 1 aliphatic rings. The lowest BCUT2D eigenvalue weighted by Gasteiger charge is -2.27. The van der Waals surface area contributed by atoms with Crippen LogP contribution in [0.1, 0.15) is 36.0 Å². The molecule has 0 aliphatic heterocycles. The van der Waals surface area contributed by atoms with Gasteiger partial charge in [-0.2, -0.15) is 0 Å². The van der Waals surface area contributed by atoms with Crippen molar-refractivity contribution in [3.8, 4) is 5.75 Å². The first-order valence-corrected chi connectivity index (χ1v) is 7.50. The Morgan fingerprint density at radius 1 is 1.27 bits per heavy atom. The van der Waals surface area contributed by atoms with Crippen LogP contribution in [0, 0.1) is 17.7 Å². The van der Waals surface area contributed by atoms with Crippen molar-refractivity contribution in [2.24, 2.45) is 11.8 Å². The van der Waals surface area contributed by atoms with Gasteiger partial charge in [0, 0.05) is 19.5 Å². The second kappa shape index (κ2) is 7.24. The number of hydrogen-bond acceptors (Lipinski definition) is 3. The molecule has 1 aromatic carbocycles. The molecule has 0 saturated heterocycles. The Hall–Kier alpha value is -2.11. The third-order valence-electron chi connectivity index (χ3n) is 4.23. The van der Waals surface area contributed by atoms with Crippen LogP contribution in [-0.4, -0.2) is 30.5 Å². The van der Waals surface area contributed by atoms with Crippen LogP contribution >= 0.6 is 0 Å². The van der Waals surface area contributed by atoms with Crippen molar-refractivity contribution in [3.05, 3.63) is 29.6 Å². The number of hydrogen-bond donors (Lipinski definition) is 3. The largest absolute Gasteiger partial charge is 0.507 e. The van der Waals surface area contributed by atoms with Crippen molar-refractivity contribution >= 4 is 11.8 Å². The van der Waals surface area contributed by atoms with Gasteiger partial charge in [0.25, 0.3) is 5.91 Å². The third-order valence-corrected chi connectivity index (χ3v) is 4.23. The first-order valence-electron chi connectivity index (χ1n) is 7.50. The van der Waals surface area contributed by atoms with Gasteiger partial charge < -0.3 is 15.7 Å². The van der Waals surface area contributed by atoms with E-state index in [0.29, 0.717) is 6.54 Å². The summed E-state index contributed by atoms with van der Waals surface area (Å²) < 4.78 is 13.6. The summed E-state index contributed by atoms with van der Waals surface area (Å²) in [5.74, 6) is -1.31. The average molecular weight is 308 g/mol. The molecule has 0 spiro atoms. The molecule has 0 heterocycles. The number of carbonyl (C=O) groups excluding carboxylic acids is 2. The highest BCUT2D eigenvalue weighted by atomic mass is 19.1. The monoisotopic (exact) mass is 308 g/mol. The maximum atomic E-state index is 13.6. The number of phenolic OH excluding ortho intramolecular Hbond substituents is 1. The van der Waals surface area contributed by atoms with E-state index in [-0.39, 0.29) is 29.1 Å². The summed E-state index contributed by atoms with van der Waals surface area (Å²) in [6, 6.07) is 3.78. The summed E-state index contributed by atoms with van der Waals surface area (Å²) in [7, 11) is 1.63. The molecular weight excluding hydrogens is 287 g/mol. The fourth-order valence-corrected chi connectivity index (χ4v) is 2.90. The SMILES string of the molecule is CNC(=O)C1CCC(CNC(=O)c2c(O)cccc2F)CC1. The van der Waals surface area contributed by atoms with E-state index in [1.54, 1.807) is 7.05 Å². The molecule has 2 rings (SSSR count). The maximum Gasteiger partial charge on any atom is 0.258 e. The topological polar surface area (TPSA) is 78.4 Å². The normalized spacial score (nSPS) is 21.2. The fraction of sp³-hybridized carbons (Fsp3) is 0.500. The average Bonchev–Trinajstić information content (AvgIpc) is 2.52. The maximum absolute atomic E-state index is 13.6. The van der Waals surface area contributed by atoms with Gasteiger partial charge in [0.15, 0.2) is 0 Å². The minimum atomic E-state index is -0.735. The summed E-state index contributed by atoms with van der Waals surface area (Å²) in [6.07, 6.45) is 3.29. The van der Waals surface area contributed by atoms with Gasteiger partial charge in [-0.3, -0.25) is 9.59 Å². The van der Waals surface area contributed by atoms with Gasteiger partial charge in [-0.1, -0.05) is 6.07 Å². The molecule has 1 fully saturated rings. The van der Waals surface area contributed by atoms with Crippen molar-refractivity contribution in [1.29, 1.82) is 0 Å². The Bertz CT molecular complexity index is 534. The van der Waals surface area contributed by atoms with Crippen molar-refractivity contribution < 1.29 is 19.1 Å². The molecule has 0 unspecified atom stereocenters. The molecule has 1 aliphatic carbocycles. The summed E-state index contributed by atoms with van der Waals surface area (Å²) in [5.41, 5.74) is -0.318. The molecule has 2 amide bonds. The molecule has 3 N–H and O–H groups in total. The molecule has 22 heavy (non-hydrogen) atoms. The fourth-order valence-electron chi connectivity index (χ4n) is 2.90. The van der Waals surface area contributed by atoms with Crippen LogP contribution in [0.2, 0.25) is 0 Å². The van der Waals surface area contributed by atoms with Gasteiger partial charge in [-0.15, -0.1) is 0 Å². The second-order valence-electron chi connectivity index (χ2n) is 5.68. The Balaban J connectivity index is 1.84. The lowest BCUT2D eigenvalue weighted by molar-refractivity contribution is -0.125. The highest BCUT2D eigenvalue weighted by molar-refractivity contribution is 5.97. The Morgan fingerprint density at radius 3 is 2.55 bits per heavy atom. The zero-order valence-electron chi connectivity index (χ0n) is 12.6. The highest BCUT2D eigenvalue weighted by Crippen LogP contribution is 2.28. The molecule has 5 nitrogen and oxygen atoms in total. The molecule has 1 aromatic rings. The standard InChI is InChI=1S/C16H21FN2O3/c1-18-15(21)11-7-5-10(6-8-11)9-19-16(22)14-12(17)3-2-4-13(14)20/h2-4,10-11,20H,5-9H2,1H3,(H,18,21)(H,19,22). The van der Waals surface area contributed by atoms with Crippen molar-refractivity contribution in [3.63, 3.8) is 0 Å². The summed E-state index contributed by atoms with van der Waals surface area (Å²) >= 11 is 0. The first kappa shape index (κ1) is 16.3. The van der Waals surface area contributed by atoms with Crippen molar-refractivity contribution in [2.45, 2.75) is 25.7 Å². The highest BCUT2D eigenvalue weighted by Gasteiger charge is 2.26. The Morgan fingerprint density at radius 2 is 1.95 bits per heavy atom. The van der Waals surface area contributed by atoms with E-state index in [2.05, 4.69) is 10.6 Å². The van der Waals surface area contributed by atoms with E-state index in [1.807, 2.05) is 0 Å². The molecule has 0 aromatic heterocycles. The van der Waals surface area contributed by atoms with Gasteiger partial charge in [-0.05, 0) is 43.7 Å². The lowest BCUT2D eigenvalue weighted by atomic mass is 9.81. The van der Waals surface area contributed by atoms with Gasteiger partial charge >= 0.3 is 0 Å². The van der Waals surface area contributed by atoms with Gasteiger partial charge in [0.05, 0.1) is 0 Å². The zero-order valence-corrected chi connectivity index (χ0v) is 12.6. The predicted molar refractivity (Wildman–Crippen MR) is 79.9 cm³/mol. The van der Waals surface area contributed by atoms with Crippen LogP contribution in [0.3, 0.4) is 0 Å². The minimum Gasteiger partial charge on any atom is -0.507 e. The quantitative estimate of drug-likeness (QED) is 0.794. The lowest BCUT2D eigenvalue weighted by Crippen LogP contribution is -2.35. The molecule has 120 valence electrons. The van der Waals surface area contributed by atoms with Crippen molar-refractivity contribution in [2.75, 3.05) is 13.6 Å². The van der Waals surface area contributed by atoms with Crippen LogP contribution in [0.25, 0.3) is 0 Å². The summed E-state index contributed by atoms with van der Waals surface area (Å²) in [6.45, 7) is 0.424. The van der Waals surface area contributed by atoms with E-state index in [1.165, 1.54) is 12.1 Å². The number of nitrogens with one attached hydrogen (secondary N) is 2. The molecule has 0 atom stereocenters. The van der Waals surface area contributed by atoms with Crippen LogP contribution < -0.4 is 10.6 Å². The van der Waals surface area contributed by atoms with E-state index >= 15 is 0 Å². The number of amides is 2. The first-order chi connectivity index (χ1) is 10.5. The van der Waals surface area contributed by atoms with Crippen LogP contribution in [-0.2, 0) is 4.79 Å². The van der Waals surface area contributed by atoms with Gasteiger partial charge in [0.1, 0.15) is 17.1 Å². The van der Waals surface area contributed by atoms with Gasteiger partial charge in [-0.25, -0.2) is 4.39 Å². The molecule has 6 heteroatoms. The third kappa shape index (κ3) is 3.75. The predicted octanol–water partition coefficient (Wildman–Crippen LogP) is 1.81. The molecule has 1 saturated carbocycles.